The molecule has 0 saturated carbocycles. The third kappa shape index (κ3) is 4.21. The van der Waals surface area contributed by atoms with E-state index < -0.39 is 11.7 Å². The van der Waals surface area contributed by atoms with Gasteiger partial charge in [-0.3, -0.25) is 4.79 Å². The maximum absolute atomic E-state index is 14.0. The number of amides is 1. The zero-order chi connectivity index (χ0) is 21.1. The summed E-state index contributed by atoms with van der Waals surface area (Å²) in [6.07, 6.45) is 2.77. The second-order valence-corrected chi connectivity index (χ2v) is 7.65. The molecule has 0 aliphatic carbocycles. The number of pyridine rings is 1. The van der Waals surface area contributed by atoms with E-state index in [2.05, 4.69) is 22.1 Å². The fraction of sp³-hybridized carbons (Fsp3) is 0.167. The average molecular weight is 422 g/mol. The Kier molecular flexibility index (Phi) is 5.81. The van der Waals surface area contributed by atoms with Crippen molar-refractivity contribution in [3.05, 3.63) is 94.4 Å². The van der Waals surface area contributed by atoms with Crippen LogP contribution in [-0.2, 0) is 0 Å². The summed E-state index contributed by atoms with van der Waals surface area (Å²) in [6, 6.07) is 17.7. The summed E-state index contributed by atoms with van der Waals surface area (Å²) in [5, 5.41) is 2.80. The van der Waals surface area contributed by atoms with Gasteiger partial charge >= 0.3 is 0 Å². The summed E-state index contributed by atoms with van der Waals surface area (Å²) in [5.41, 5.74) is 4.12. The molecule has 0 bridgehead atoms. The maximum atomic E-state index is 14.0. The lowest BCUT2D eigenvalue weighted by Crippen LogP contribution is -2.31. The topological polar surface area (TPSA) is 45.2 Å². The molecule has 3 aromatic rings. The Balaban J connectivity index is 1.51. The van der Waals surface area contributed by atoms with E-state index in [1.165, 1.54) is 29.3 Å². The van der Waals surface area contributed by atoms with Crippen LogP contribution in [0.5, 0.6) is 0 Å². The van der Waals surface area contributed by atoms with Gasteiger partial charge in [0.2, 0.25) is 0 Å². The lowest BCUT2D eigenvalue weighted by atomic mass is 9.95. The molecule has 2 heterocycles. The van der Waals surface area contributed by atoms with Gasteiger partial charge in [0, 0.05) is 25.0 Å². The van der Waals surface area contributed by atoms with E-state index in [4.69, 9.17) is 11.6 Å². The molecule has 0 unspecified atom stereocenters. The molecular weight excluding hydrogens is 401 g/mol. The van der Waals surface area contributed by atoms with Crippen LogP contribution in [0.4, 0.5) is 15.9 Å². The van der Waals surface area contributed by atoms with Gasteiger partial charge < -0.3 is 10.2 Å². The van der Waals surface area contributed by atoms with Crippen LogP contribution in [0.3, 0.4) is 0 Å². The van der Waals surface area contributed by atoms with E-state index in [-0.39, 0.29) is 10.6 Å². The van der Waals surface area contributed by atoms with Crippen LogP contribution in [0.2, 0.25) is 5.02 Å². The van der Waals surface area contributed by atoms with Crippen molar-refractivity contribution in [1.29, 1.82) is 0 Å². The molecule has 0 fully saturated rings. The van der Waals surface area contributed by atoms with Crippen LogP contribution in [0.25, 0.3) is 5.57 Å². The van der Waals surface area contributed by atoms with Gasteiger partial charge in [-0.1, -0.05) is 41.4 Å². The number of nitrogens with zero attached hydrogens (tertiary/aromatic N) is 2. The molecule has 1 aliphatic heterocycles. The Morgan fingerprint density at radius 2 is 1.90 bits per heavy atom. The van der Waals surface area contributed by atoms with Crippen LogP contribution < -0.4 is 10.2 Å². The van der Waals surface area contributed by atoms with Gasteiger partial charge in [0.15, 0.2) is 0 Å². The van der Waals surface area contributed by atoms with Crippen molar-refractivity contribution in [3.8, 4) is 0 Å². The Morgan fingerprint density at radius 1 is 1.10 bits per heavy atom. The largest absolute Gasteiger partial charge is 0.352 e. The van der Waals surface area contributed by atoms with Gasteiger partial charge in [-0.2, -0.15) is 0 Å². The first-order valence-corrected chi connectivity index (χ1v) is 10.1. The number of nitrogens with one attached hydrogen (secondary N) is 1. The Labute approximate surface area is 180 Å². The van der Waals surface area contributed by atoms with Gasteiger partial charge in [-0.15, -0.1) is 0 Å². The van der Waals surface area contributed by atoms with Crippen LogP contribution in [-0.4, -0.2) is 24.0 Å². The van der Waals surface area contributed by atoms with E-state index in [0.717, 1.165) is 30.9 Å². The third-order valence-electron chi connectivity index (χ3n) is 5.28. The predicted octanol–water partition coefficient (Wildman–Crippen LogP) is 5.81. The average Bonchev–Trinajstić information content (AvgIpc) is 2.75. The molecule has 0 radical (unpaired) electrons. The highest BCUT2D eigenvalue weighted by Gasteiger charge is 2.19. The van der Waals surface area contributed by atoms with E-state index in [9.17, 15) is 9.18 Å². The summed E-state index contributed by atoms with van der Waals surface area (Å²) < 4.78 is 14.0. The van der Waals surface area contributed by atoms with E-state index in [0.29, 0.717) is 5.69 Å². The van der Waals surface area contributed by atoms with Crippen molar-refractivity contribution < 1.29 is 9.18 Å². The number of aromatic nitrogens is 1. The molecule has 1 aromatic heterocycles. The molecule has 1 N–H and O–H groups in total. The Morgan fingerprint density at radius 3 is 2.60 bits per heavy atom. The summed E-state index contributed by atoms with van der Waals surface area (Å²) in [7, 11) is 0. The van der Waals surface area contributed by atoms with Crippen molar-refractivity contribution in [2.45, 2.75) is 13.3 Å². The van der Waals surface area contributed by atoms with E-state index >= 15 is 0 Å². The highest BCUT2D eigenvalue weighted by atomic mass is 35.5. The number of carbonyl (C=O) groups excluding carboxylic acids is 1. The normalized spacial score (nSPS) is 14.0. The molecular formula is C24H21ClFN3O. The van der Waals surface area contributed by atoms with Crippen LogP contribution >= 0.6 is 11.6 Å². The molecule has 0 atom stereocenters. The minimum atomic E-state index is -0.644. The second-order valence-electron chi connectivity index (χ2n) is 7.25. The number of hydrogen-bond acceptors (Lipinski definition) is 3. The molecule has 0 saturated heterocycles. The first-order chi connectivity index (χ1) is 14.5. The zero-order valence-corrected chi connectivity index (χ0v) is 17.3. The SMILES string of the molecule is CC1=C(c2ccc(NC(=O)c3c(F)cccc3Cl)cc2)CN(c2ccccn2)CC1. The summed E-state index contributed by atoms with van der Waals surface area (Å²) >= 11 is 5.98. The molecule has 30 heavy (non-hydrogen) atoms. The minimum absolute atomic E-state index is 0.0849. The van der Waals surface area contributed by atoms with E-state index in [1.807, 2.05) is 42.5 Å². The van der Waals surface area contributed by atoms with E-state index in [1.54, 1.807) is 6.20 Å². The number of benzene rings is 2. The van der Waals surface area contributed by atoms with Crippen molar-refractivity contribution in [2.75, 3.05) is 23.3 Å². The molecule has 4 rings (SSSR count). The third-order valence-corrected chi connectivity index (χ3v) is 5.59. The second kappa shape index (κ2) is 8.67. The molecule has 152 valence electrons. The standard InChI is InChI=1S/C24H21ClFN3O/c1-16-12-14-29(22-7-2-3-13-27-22)15-19(16)17-8-10-18(11-9-17)28-24(30)23-20(25)5-4-6-21(23)26/h2-11,13H,12,14-15H2,1H3,(H,28,30). The number of carbonyl (C=O) groups is 1. The summed E-state index contributed by atoms with van der Waals surface area (Å²) in [5.74, 6) is -0.248. The number of halogens is 2. The van der Waals surface area contributed by atoms with Gasteiger partial charge in [-0.05, 0) is 60.9 Å². The molecule has 1 amide bonds. The quantitative estimate of drug-likeness (QED) is 0.578. The predicted molar refractivity (Wildman–Crippen MR) is 119 cm³/mol. The van der Waals surface area contributed by atoms with Crippen molar-refractivity contribution >= 4 is 34.6 Å². The number of rotatable bonds is 4. The minimum Gasteiger partial charge on any atom is -0.352 e. The fourth-order valence-electron chi connectivity index (χ4n) is 3.60. The highest BCUT2D eigenvalue weighted by molar-refractivity contribution is 6.34. The monoisotopic (exact) mass is 421 g/mol. The van der Waals surface area contributed by atoms with Gasteiger partial charge in [-0.25, -0.2) is 9.37 Å². The lowest BCUT2D eigenvalue weighted by molar-refractivity contribution is 0.102. The maximum Gasteiger partial charge on any atom is 0.260 e. The van der Waals surface area contributed by atoms with Gasteiger partial charge in [0.05, 0.1) is 10.6 Å². The first kappa shape index (κ1) is 20.1. The molecule has 2 aromatic carbocycles. The molecule has 1 aliphatic rings. The number of anilines is 2. The molecule has 6 heteroatoms. The lowest BCUT2D eigenvalue weighted by Gasteiger charge is -2.31. The molecule has 4 nitrogen and oxygen atoms in total. The van der Waals surface area contributed by atoms with Crippen molar-refractivity contribution in [2.24, 2.45) is 0 Å². The Bertz CT molecular complexity index is 1080. The van der Waals surface area contributed by atoms with Gasteiger partial charge in [0.1, 0.15) is 11.6 Å². The van der Waals surface area contributed by atoms with Crippen LogP contribution in [0.1, 0.15) is 29.3 Å². The fourth-order valence-corrected chi connectivity index (χ4v) is 3.84. The highest BCUT2D eigenvalue weighted by Crippen LogP contribution is 2.29. The molecule has 0 spiro atoms. The zero-order valence-electron chi connectivity index (χ0n) is 16.5. The first-order valence-electron chi connectivity index (χ1n) is 9.73. The van der Waals surface area contributed by atoms with Gasteiger partial charge in [0.25, 0.3) is 5.91 Å². The van der Waals surface area contributed by atoms with Crippen LogP contribution in [0, 0.1) is 5.82 Å². The van der Waals surface area contributed by atoms with Crippen molar-refractivity contribution in [3.63, 3.8) is 0 Å². The van der Waals surface area contributed by atoms with Crippen molar-refractivity contribution in [1.82, 2.24) is 4.98 Å². The smallest absolute Gasteiger partial charge is 0.260 e. The summed E-state index contributed by atoms with van der Waals surface area (Å²) in [4.78, 5) is 19.2. The Hall–Kier alpha value is -3.18. The van der Waals surface area contributed by atoms with Crippen LogP contribution in [0.15, 0.2) is 72.4 Å². The summed E-state index contributed by atoms with van der Waals surface area (Å²) in [6.45, 7) is 3.87. The number of hydrogen-bond donors (Lipinski definition) is 1.